The first-order chi connectivity index (χ1) is 22.2. The highest BCUT2D eigenvalue weighted by Crippen LogP contribution is 2.41. The molecule has 0 radical (unpaired) electrons. The van der Waals surface area contributed by atoms with E-state index in [4.69, 9.17) is 9.47 Å². The molecular weight excluding hydrogens is 584 g/mol. The second kappa shape index (κ2) is 15.7. The molecule has 11 heteroatoms. The van der Waals surface area contributed by atoms with E-state index in [9.17, 15) is 14.7 Å². The van der Waals surface area contributed by atoms with E-state index in [1.54, 1.807) is 62.8 Å². The number of ether oxygens (including phenoxy) is 2. The molecule has 2 amide bonds. The number of nitrogens with one attached hydrogen (secondary N) is 2. The lowest BCUT2D eigenvalue weighted by Gasteiger charge is -2.32. The standard InChI is InChI=1S/C35H42N6O5/c1-7-40(8-2)21-20-36-33(42)25-12-14-26(15-13-25)38-34-37-19-18-30(39-34)41(35(43)44)32(31-23(3)10-9-11-24(31)4)28-22-27(45-5)16-17-29(28)46-6/h9-19,22,32H,7-8,20-21H2,1-6H3,(H,36,42)(H,43,44)(H,37,38,39). The van der Waals surface area contributed by atoms with Crippen molar-refractivity contribution in [2.75, 3.05) is 50.6 Å². The molecule has 1 atom stereocenters. The van der Waals surface area contributed by atoms with Crippen LogP contribution in [0.5, 0.6) is 11.5 Å². The molecule has 3 N–H and O–H groups in total. The number of hydrogen-bond acceptors (Lipinski definition) is 8. The van der Waals surface area contributed by atoms with E-state index in [1.807, 2.05) is 32.0 Å². The molecule has 0 aliphatic rings. The maximum Gasteiger partial charge on any atom is 0.413 e. The summed E-state index contributed by atoms with van der Waals surface area (Å²) in [5.41, 5.74) is 4.38. The third-order valence-electron chi connectivity index (χ3n) is 7.91. The third kappa shape index (κ3) is 7.91. The Morgan fingerprint density at radius 3 is 2.24 bits per heavy atom. The van der Waals surface area contributed by atoms with Crippen molar-refractivity contribution in [3.63, 3.8) is 0 Å². The number of amides is 2. The Balaban J connectivity index is 1.66. The number of likely N-dealkylation sites (N-methyl/N-ethyl adjacent to an activating group) is 1. The largest absolute Gasteiger partial charge is 0.497 e. The van der Waals surface area contributed by atoms with Crippen LogP contribution in [0.3, 0.4) is 0 Å². The first-order valence-electron chi connectivity index (χ1n) is 15.2. The lowest BCUT2D eigenvalue weighted by atomic mass is 9.89. The van der Waals surface area contributed by atoms with Crippen molar-refractivity contribution in [2.24, 2.45) is 0 Å². The van der Waals surface area contributed by atoms with Crippen LogP contribution in [0.25, 0.3) is 0 Å². The topological polar surface area (TPSA) is 129 Å². The van der Waals surface area contributed by atoms with Gasteiger partial charge in [0.15, 0.2) is 0 Å². The quantitative estimate of drug-likeness (QED) is 0.150. The molecule has 4 aromatic rings. The van der Waals surface area contributed by atoms with Gasteiger partial charge < -0.3 is 30.1 Å². The SMILES string of the molecule is CCN(CC)CCNC(=O)c1ccc(Nc2nccc(N(C(=O)O)C(c3cc(OC)ccc3OC)c3c(C)cccc3C)n2)cc1. The van der Waals surface area contributed by atoms with E-state index < -0.39 is 12.1 Å². The Morgan fingerprint density at radius 1 is 0.935 bits per heavy atom. The molecule has 0 aliphatic heterocycles. The molecule has 0 spiro atoms. The normalized spacial score (nSPS) is 11.5. The summed E-state index contributed by atoms with van der Waals surface area (Å²) in [5.74, 6) is 1.26. The predicted molar refractivity (Wildman–Crippen MR) is 180 cm³/mol. The number of carbonyl (C=O) groups is 2. The van der Waals surface area contributed by atoms with Crippen molar-refractivity contribution in [1.29, 1.82) is 0 Å². The van der Waals surface area contributed by atoms with Crippen LogP contribution in [0.2, 0.25) is 0 Å². The molecule has 1 heterocycles. The van der Waals surface area contributed by atoms with Gasteiger partial charge in [0.2, 0.25) is 5.95 Å². The summed E-state index contributed by atoms with van der Waals surface area (Å²) in [5, 5.41) is 16.8. The molecule has 4 rings (SSSR count). The highest BCUT2D eigenvalue weighted by molar-refractivity contribution is 5.94. The Kier molecular flexibility index (Phi) is 11.5. The molecule has 3 aromatic carbocycles. The Labute approximate surface area is 270 Å². The maximum atomic E-state index is 13.1. The number of methoxy groups -OCH3 is 2. The maximum absolute atomic E-state index is 13.1. The fourth-order valence-corrected chi connectivity index (χ4v) is 5.42. The average Bonchev–Trinajstić information content (AvgIpc) is 3.06. The van der Waals surface area contributed by atoms with E-state index in [1.165, 1.54) is 11.1 Å². The summed E-state index contributed by atoms with van der Waals surface area (Å²) in [7, 11) is 3.11. The zero-order chi connectivity index (χ0) is 33.2. The zero-order valence-corrected chi connectivity index (χ0v) is 27.2. The number of hydrogen-bond donors (Lipinski definition) is 3. The minimum Gasteiger partial charge on any atom is -0.497 e. The van der Waals surface area contributed by atoms with Crippen molar-refractivity contribution in [3.05, 3.63) is 101 Å². The summed E-state index contributed by atoms with van der Waals surface area (Å²) in [6, 6.07) is 18.8. The first kappa shape index (κ1) is 33.7. The van der Waals surface area contributed by atoms with Gasteiger partial charge in [-0.15, -0.1) is 0 Å². The highest BCUT2D eigenvalue weighted by Gasteiger charge is 2.34. The Hall–Kier alpha value is -5.16. The summed E-state index contributed by atoms with van der Waals surface area (Å²) in [6.45, 7) is 11.3. The van der Waals surface area contributed by atoms with Crippen LogP contribution in [-0.2, 0) is 0 Å². The van der Waals surface area contributed by atoms with Crippen LogP contribution < -0.4 is 25.0 Å². The molecular formula is C35H42N6O5. The summed E-state index contributed by atoms with van der Waals surface area (Å²) in [6.07, 6.45) is 0.293. The fourth-order valence-electron chi connectivity index (χ4n) is 5.42. The van der Waals surface area contributed by atoms with Crippen LogP contribution in [0.1, 0.15) is 52.5 Å². The van der Waals surface area contributed by atoms with E-state index in [0.29, 0.717) is 34.9 Å². The van der Waals surface area contributed by atoms with E-state index in [-0.39, 0.29) is 17.7 Å². The van der Waals surface area contributed by atoms with Gasteiger partial charge in [-0.3, -0.25) is 4.79 Å². The van der Waals surface area contributed by atoms with Crippen molar-refractivity contribution in [1.82, 2.24) is 20.2 Å². The molecule has 0 fully saturated rings. The minimum atomic E-state index is -1.21. The van der Waals surface area contributed by atoms with E-state index >= 15 is 0 Å². The fraction of sp³-hybridized carbons (Fsp3) is 0.314. The molecule has 11 nitrogen and oxygen atoms in total. The molecule has 0 bridgehead atoms. The van der Waals surface area contributed by atoms with Gasteiger partial charge in [0.1, 0.15) is 17.3 Å². The first-order valence-corrected chi connectivity index (χ1v) is 15.2. The molecule has 242 valence electrons. The highest BCUT2D eigenvalue weighted by atomic mass is 16.5. The van der Waals surface area contributed by atoms with Gasteiger partial charge in [-0.05, 0) is 92.2 Å². The van der Waals surface area contributed by atoms with Gasteiger partial charge >= 0.3 is 6.09 Å². The van der Waals surface area contributed by atoms with Crippen LogP contribution in [0.15, 0.2) is 72.9 Å². The number of nitrogens with zero attached hydrogens (tertiary/aromatic N) is 4. The molecule has 1 unspecified atom stereocenters. The van der Waals surface area contributed by atoms with Gasteiger partial charge in [0, 0.05) is 36.1 Å². The molecule has 46 heavy (non-hydrogen) atoms. The van der Waals surface area contributed by atoms with E-state index in [2.05, 4.69) is 39.3 Å². The second-order valence-corrected chi connectivity index (χ2v) is 10.7. The monoisotopic (exact) mass is 626 g/mol. The van der Waals surface area contributed by atoms with Gasteiger partial charge in [-0.2, -0.15) is 4.98 Å². The summed E-state index contributed by atoms with van der Waals surface area (Å²) in [4.78, 5) is 38.2. The number of carboxylic acid groups (broad SMARTS) is 1. The van der Waals surface area contributed by atoms with Crippen LogP contribution >= 0.6 is 0 Å². The van der Waals surface area contributed by atoms with Gasteiger partial charge in [0.25, 0.3) is 5.91 Å². The summed E-state index contributed by atoms with van der Waals surface area (Å²) < 4.78 is 11.2. The van der Waals surface area contributed by atoms with Crippen molar-refractivity contribution in [3.8, 4) is 11.5 Å². The Morgan fingerprint density at radius 2 is 1.63 bits per heavy atom. The third-order valence-corrected chi connectivity index (χ3v) is 7.91. The lowest BCUT2D eigenvalue weighted by Crippen LogP contribution is -2.36. The number of aromatic nitrogens is 2. The predicted octanol–water partition coefficient (Wildman–Crippen LogP) is 6.20. The number of anilines is 3. The average molecular weight is 627 g/mol. The smallest absolute Gasteiger partial charge is 0.413 e. The Bertz CT molecular complexity index is 1620. The molecule has 1 aromatic heterocycles. The zero-order valence-electron chi connectivity index (χ0n) is 27.2. The minimum absolute atomic E-state index is 0.153. The number of benzene rings is 3. The van der Waals surface area contributed by atoms with Crippen LogP contribution in [0.4, 0.5) is 22.2 Å². The van der Waals surface area contributed by atoms with Crippen molar-refractivity contribution < 1.29 is 24.2 Å². The molecule has 0 saturated carbocycles. The molecule has 0 aliphatic carbocycles. The number of carbonyl (C=O) groups excluding carboxylic acids is 1. The molecule has 0 saturated heterocycles. The number of rotatable bonds is 14. The van der Waals surface area contributed by atoms with Gasteiger partial charge in [-0.25, -0.2) is 14.7 Å². The van der Waals surface area contributed by atoms with Crippen LogP contribution in [0, 0.1) is 13.8 Å². The van der Waals surface area contributed by atoms with Crippen LogP contribution in [-0.4, -0.2) is 72.4 Å². The summed E-state index contributed by atoms with van der Waals surface area (Å²) >= 11 is 0. The van der Waals surface area contributed by atoms with E-state index in [0.717, 1.165) is 36.3 Å². The van der Waals surface area contributed by atoms with Crippen molar-refractivity contribution >= 4 is 29.5 Å². The van der Waals surface area contributed by atoms with Gasteiger partial charge in [0.05, 0.1) is 20.3 Å². The van der Waals surface area contributed by atoms with Gasteiger partial charge in [-0.1, -0.05) is 32.0 Å². The second-order valence-electron chi connectivity index (χ2n) is 10.7. The lowest BCUT2D eigenvalue weighted by molar-refractivity contribution is 0.0949. The van der Waals surface area contributed by atoms with Crippen molar-refractivity contribution in [2.45, 2.75) is 33.7 Å². The number of aryl methyl sites for hydroxylation is 2.